The summed E-state index contributed by atoms with van der Waals surface area (Å²) in [6, 6.07) is 17.4. The van der Waals surface area contributed by atoms with Crippen LogP contribution in [0, 0.1) is 0 Å². The van der Waals surface area contributed by atoms with Gasteiger partial charge in [-0.3, -0.25) is 19.2 Å². The molecule has 1 aliphatic rings. The summed E-state index contributed by atoms with van der Waals surface area (Å²) < 4.78 is 5.25. The molecular formula is C26H19Cl2N3O5. The van der Waals surface area contributed by atoms with Gasteiger partial charge in [0.25, 0.3) is 17.7 Å². The quantitative estimate of drug-likeness (QED) is 0.324. The lowest BCUT2D eigenvalue weighted by atomic mass is 10.1. The molecule has 0 saturated carbocycles. The first-order valence-electron chi connectivity index (χ1n) is 10.6. The van der Waals surface area contributed by atoms with E-state index in [2.05, 4.69) is 10.6 Å². The summed E-state index contributed by atoms with van der Waals surface area (Å²) in [5.41, 5.74) is 1.78. The average molecular weight is 524 g/mol. The fraction of sp³-hybridized carbons (Fsp3) is 0.0769. The third kappa shape index (κ3) is 4.95. The van der Waals surface area contributed by atoms with E-state index in [9.17, 15) is 19.2 Å². The Morgan fingerprint density at radius 2 is 1.58 bits per heavy atom. The van der Waals surface area contributed by atoms with Gasteiger partial charge < -0.3 is 15.4 Å². The van der Waals surface area contributed by atoms with E-state index in [1.165, 1.54) is 26.2 Å². The zero-order valence-corrected chi connectivity index (χ0v) is 20.6. The predicted octanol–water partition coefficient (Wildman–Crippen LogP) is 5.24. The SMILES string of the molecule is COc1ccc(Cl)cc1N1C(=O)C(Cl)=C(Nc2ccc(C(=O)Nc3cccc(C(C)=O)c3)cc2)C1=O. The largest absolute Gasteiger partial charge is 0.495 e. The molecule has 0 bridgehead atoms. The summed E-state index contributed by atoms with van der Waals surface area (Å²) in [7, 11) is 1.41. The van der Waals surface area contributed by atoms with E-state index in [1.54, 1.807) is 54.6 Å². The van der Waals surface area contributed by atoms with E-state index in [1.807, 2.05) is 0 Å². The molecule has 1 heterocycles. The second-order valence-electron chi connectivity index (χ2n) is 7.74. The summed E-state index contributed by atoms with van der Waals surface area (Å²) in [6.45, 7) is 1.45. The fourth-order valence-electron chi connectivity index (χ4n) is 3.54. The molecule has 182 valence electrons. The van der Waals surface area contributed by atoms with Crippen LogP contribution in [0.4, 0.5) is 17.1 Å². The molecular weight excluding hydrogens is 505 g/mol. The van der Waals surface area contributed by atoms with Gasteiger partial charge in [0.1, 0.15) is 16.5 Å². The average Bonchev–Trinajstić information content (AvgIpc) is 3.07. The van der Waals surface area contributed by atoms with E-state index < -0.39 is 11.8 Å². The van der Waals surface area contributed by atoms with Crippen molar-refractivity contribution in [3.8, 4) is 5.75 Å². The highest BCUT2D eigenvalue weighted by molar-refractivity contribution is 6.53. The number of methoxy groups -OCH3 is 1. The molecule has 0 saturated heterocycles. The van der Waals surface area contributed by atoms with Gasteiger partial charge >= 0.3 is 0 Å². The molecule has 4 rings (SSSR count). The van der Waals surface area contributed by atoms with Crippen molar-refractivity contribution in [1.82, 2.24) is 0 Å². The normalized spacial score (nSPS) is 13.2. The van der Waals surface area contributed by atoms with Crippen LogP contribution in [0.1, 0.15) is 27.6 Å². The topological polar surface area (TPSA) is 105 Å². The zero-order valence-electron chi connectivity index (χ0n) is 19.1. The maximum Gasteiger partial charge on any atom is 0.283 e. The third-order valence-electron chi connectivity index (χ3n) is 5.35. The van der Waals surface area contributed by atoms with Crippen LogP contribution < -0.4 is 20.3 Å². The number of rotatable bonds is 7. The van der Waals surface area contributed by atoms with Gasteiger partial charge in [-0.1, -0.05) is 35.3 Å². The molecule has 0 aromatic heterocycles. The number of nitrogens with one attached hydrogen (secondary N) is 2. The molecule has 1 aliphatic heterocycles. The monoisotopic (exact) mass is 523 g/mol. The third-order valence-corrected chi connectivity index (χ3v) is 5.94. The van der Waals surface area contributed by atoms with Crippen LogP contribution in [0.5, 0.6) is 5.75 Å². The Hall–Kier alpha value is -4.14. The van der Waals surface area contributed by atoms with E-state index in [0.29, 0.717) is 27.5 Å². The number of ketones is 1. The Bertz CT molecular complexity index is 1430. The number of imide groups is 1. The van der Waals surface area contributed by atoms with E-state index in [4.69, 9.17) is 27.9 Å². The molecule has 0 atom stereocenters. The molecule has 0 aliphatic carbocycles. The van der Waals surface area contributed by atoms with Gasteiger partial charge in [0, 0.05) is 27.5 Å². The van der Waals surface area contributed by atoms with Gasteiger partial charge in [0.15, 0.2) is 5.78 Å². The highest BCUT2D eigenvalue weighted by atomic mass is 35.5. The minimum Gasteiger partial charge on any atom is -0.495 e. The molecule has 3 aromatic rings. The number of Topliss-reactive ketones (excluding diaryl/α,β-unsaturated/α-hetero) is 1. The molecule has 0 unspecified atom stereocenters. The predicted molar refractivity (Wildman–Crippen MR) is 138 cm³/mol. The molecule has 0 spiro atoms. The van der Waals surface area contributed by atoms with Crippen LogP contribution in [0.3, 0.4) is 0 Å². The van der Waals surface area contributed by atoms with Gasteiger partial charge in [-0.2, -0.15) is 0 Å². The number of carbonyl (C=O) groups excluding carboxylic acids is 4. The lowest BCUT2D eigenvalue weighted by Crippen LogP contribution is -2.32. The molecule has 10 heteroatoms. The number of halogens is 2. The van der Waals surface area contributed by atoms with Crippen molar-refractivity contribution in [2.45, 2.75) is 6.92 Å². The number of anilines is 3. The Morgan fingerprint density at radius 3 is 2.25 bits per heavy atom. The Balaban J connectivity index is 1.50. The number of ether oxygens (including phenoxy) is 1. The van der Waals surface area contributed by atoms with Crippen LogP contribution in [0.15, 0.2) is 77.5 Å². The minimum atomic E-state index is -0.728. The number of hydrogen-bond donors (Lipinski definition) is 2. The summed E-state index contributed by atoms with van der Waals surface area (Å²) >= 11 is 12.3. The van der Waals surface area contributed by atoms with Crippen LogP contribution >= 0.6 is 23.2 Å². The smallest absolute Gasteiger partial charge is 0.283 e. The molecule has 0 radical (unpaired) electrons. The Labute approximate surface area is 216 Å². The first-order valence-corrected chi connectivity index (χ1v) is 11.4. The van der Waals surface area contributed by atoms with Crippen molar-refractivity contribution < 1.29 is 23.9 Å². The first-order chi connectivity index (χ1) is 17.2. The Morgan fingerprint density at radius 1 is 0.861 bits per heavy atom. The first kappa shape index (κ1) is 25.0. The zero-order chi connectivity index (χ0) is 26.0. The molecule has 8 nitrogen and oxygen atoms in total. The maximum absolute atomic E-state index is 13.1. The summed E-state index contributed by atoms with van der Waals surface area (Å²) in [5, 5.41) is 5.60. The number of carbonyl (C=O) groups is 4. The highest BCUT2D eigenvalue weighted by Crippen LogP contribution is 2.37. The number of amides is 3. The van der Waals surface area contributed by atoms with Crippen molar-refractivity contribution in [2.75, 3.05) is 22.6 Å². The van der Waals surface area contributed by atoms with Crippen LogP contribution in [0.2, 0.25) is 5.02 Å². The molecule has 3 amide bonds. The van der Waals surface area contributed by atoms with E-state index >= 15 is 0 Å². The summed E-state index contributed by atoms with van der Waals surface area (Å²) in [6.07, 6.45) is 0. The highest BCUT2D eigenvalue weighted by Gasteiger charge is 2.40. The van der Waals surface area contributed by atoms with Gasteiger partial charge in [-0.05, 0) is 61.5 Å². The van der Waals surface area contributed by atoms with E-state index in [0.717, 1.165) is 4.90 Å². The Kier molecular flexibility index (Phi) is 7.10. The molecule has 3 aromatic carbocycles. The number of nitrogens with zero attached hydrogens (tertiary/aromatic N) is 1. The van der Waals surface area contributed by atoms with Crippen molar-refractivity contribution in [3.63, 3.8) is 0 Å². The van der Waals surface area contributed by atoms with Crippen LogP contribution in [0.25, 0.3) is 0 Å². The van der Waals surface area contributed by atoms with Crippen LogP contribution in [-0.4, -0.2) is 30.6 Å². The molecule has 36 heavy (non-hydrogen) atoms. The molecule has 2 N–H and O–H groups in total. The van der Waals surface area contributed by atoms with E-state index in [-0.39, 0.29) is 33.9 Å². The van der Waals surface area contributed by atoms with Gasteiger partial charge in [0.05, 0.1) is 12.8 Å². The maximum atomic E-state index is 13.1. The van der Waals surface area contributed by atoms with Crippen LogP contribution in [-0.2, 0) is 9.59 Å². The van der Waals surface area contributed by atoms with Crippen molar-refractivity contribution in [3.05, 3.63) is 93.6 Å². The van der Waals surface area contributed by atoms with Crippen molar-refractivity contribution >= 4 is 63.8 Å². The standard InChI is InChI=1S/C26H19Cl2N3O5/c1-14(32)16-4-3-5-19(12-16)30-24(33)15-6-9-18(10-7-15)29-23-22(28)25(34)31(26(23)35)20-13-17(27)8-11-21(20)36-2/h3-13,29H,1-2H3,(H,30,33). The fourth-order valence-corrected chi connectivity index (χ4v) is 3.92. The lowest BCUT2D eigenvalue weighted by molar-refractivity contribution is -0.120. The molecule has 0 fully saturated rings. The summed E-state index contributed by atoms with van der Waals surface area (Å²) in [5.74, 6) is -1.63. The minimum absolute atomic E-state index is 0.109. The number of benzene rings is 3. The summed E-state index contributed by atoms with van der Waals surface area (Å²) in [4.78, 5) is 50.9. The lowest BCUT2D eigenvalue weighted by Gasteiger charge is -2.18. The van der Waals surface area contributed by atoms with Gasteiger partial charge in [-0.25, -0.2) is 4.90 Å². The van der Waals surface area contributed by atoms with Crippen molar-refractivity contribution in [1.29, 1.82) is 0 Å². The van der Waals surface area contributed by atoms with Gasteiger partial charge in [0.2, 0.25) is 0 Å². The van der Waals surface area contributed by atoms with Crippen molar-refractivity contribution in [2.24, 2.45) is 0 Å². The number of hydrogen-bond acceptors (Lipinski definition) is 6. The second-order valence-corrected chi connectivity index (χ2v) is 8.56. The van der Waals surface area contributed by atoms with Gasteiger partial charge in [-0.15, -0.1) is 0 Å². The second kappa shape index (κ2) is 10.2.